The molecule has 5 nitrogen and oxygen atoms in total. The van der Waals surface area contributed by atoms with Crippen molar-refractivity contribution in [2.75, 3.05) is 11.3 Å². The molecule has 0 amide bonds. The minimum absolute atomic E-state index is 0.0919. The number of anilines is 1. The van der Waals surface area contributed by atoms with Crippen LogP contribution >= 0.6 is 15.9 Å². The third kappa shape index (κ3) is 3.62. The normalized spacial score (nSPS) is 11.5. The molecule has 0 radical (unpaired) electrons. The molecule has 2 N–H and O–H groups in total. The SMILES string of the molecule is CCNCc1cc(S(=O)(=O)Nc2ccccc2)c(Br)o1. The zero-order chi connectivity index (χ0) is 14.6. The van der Waals surface area contributed by atoms with E-state index in [-0.39, 0.29) is 9.56 Å². The number of hydrogen-bond acceptors (Lipinski definition) is 4. The van der Waals surface area contributed by atoms with Crippen LogP contribution < -0.4 is 10.0 Å². The second-order valence-corrected chi connectivity index (χ2v) is 6.47. The monoisotopic (exact) mass is 358 g/mol. The zero-order valence-electron chi connectivity index (χ0n) is 10.9. The molecular weight excluding hydrogens is 344 g/mol. The lowest BCUT2D eigenvalue weighted by Crippen LogP contribution is -2.13. The summed E-state index contributed by atoms with van der Waals surface area (Å²) in [5.74, 6) is 0.562. The van der Waals surface area contributed by atoms with Gasteiger partial charge in [-0.15, -0.1) is 0 Å². The van der Waals surface area contributed by atoms with Gasteiger partial charge in [-0.3, -0.25) is 4.72 Å². The smallest absolute Gasteiger partial charge is 0.266 e. The molecule has 0 spiro atoms. The quantitative estimate of drug-likeness (QED) is 0.832. The Labute approximate surface area is 126 Å². The molecule has 0 aliphatic carbocycles. The Morgan fingerprint density at radius 2 is 1.95 bits per heavy atom. The van der Waals surface area contributed by atoms with Crippen LogP contribution in [-0.2, 0) is 16.6 Å². The van der Waals surface area contributed by atoms with Crippen molar-refractivity contribution < 1.29 is 12.8 Å². The minimum atomic E-state index is -3.67. The third-order valence-corrected chi connectivity index (χ3v) is 4.81. The van der Waals surface area contributed by atoms with E-state index in [0.717, 1.165) is 6.54 Å². The van der Waals surface area contributed by atoms with Gasteiger partial charge in [0.15, 0.2) is 4.67 Å². The molecule has 0 aliphatic rings. The van der Waals surface area contributed by atoms with Gasteiger partial charge in [0, 0.05) is 11.8 Å². The maximum Gasteiger partial charge on any atom is 0.266 e. The Bertz CT molecular complexity index is 668. The molecule has 2 rings (SSSR count). The molecule has 2 aromatic rings. The third-order valence-electron chi connectivity index (χ3n) is 2.57. The lowest BCUT2D eigenvalue weighted by atomic mass is 10.3. The molecule has 1 aromatic carbocycles. The second-order valence-electron chi connectivity index (χ2n) is 4.10. The van der Waals surface area contributed by atoms with Gasteiger partial charge in [0.25, 0.3) is 10.0 Å². The van der Waals surface area contributed by atoms with Crippen molar-refractivity contribution >= 4 is 31.6 Å². The summed E-state index contributed by atoms with van der Waals surface area (Å²) in [6.07, 6.45) is 0. The average Bonchev–Trinajstić information content (AvgIpc) is 2.79. The summed E-state index contributed by atoms with van der Waals surface area (Å²) in [7, 11) is -3.67. The fourth-order valence-electron chi connectivity index (χ4n) is 1.63. The highest BCUT2D eigenvalue weighted by Crippen LogP contribution is 2.27. The van der Waals surface area contributed by atoms with E-state index in [1.165, 1.54) is 6.07 Å². The molecule has 20 heavy (non-hydrogen) atoms. The van der Waals surface area contributed by atoms with Crippen LogP contribution in [0.5, 0.6) is 0 Å². The van der Waals surface area contributed by atoms with E-state index in [1.54, 1.807) is 24.3 Å². The molecular formula is C13H15BrN2O3S. The van der Waals surface area contributed by atoms with Gasteiger partial charge < -0.3 is 9.73 Å². The van der Waals surface area contributed by atoms with Crippen molar-refractivity contribution in [2.24, 2.45) is 0 Å². The fraction of sp³-hybridized carbons (Fsp3) is 0.231. The van der Waals surface area contributed by atoms with Crippen molar-refractivity contribution in [2.45, 2.75) is 18.4 Å². The van der Waals surface area contributed by atoms with E-state index in [1.807, 2.05) is 13.0 Å². The van der Waals surface area contributed by atoms with Gasteiger partial charge in [0.1, 0.15) is 10.7 Å². The molecule has 7 heteroatoms. The van der Waals surface area contributed by atoms with E-state index in [9.17, 15) is 8.42 Å². The largest absolute Gasteiger partial charge is 0.451 e. The Morgan fingerprint density at radius 3 is 2.60 bits per heavy atom. The van der Waals surface area contributed by atoms with Crippen molar-refractivity contribution in [3.05, 3.63) is 46.8 Å². The highest BCUT2D eigenvalue weighted by Gasteiger charge is 2.22. The number of sulfonamides is 1. The molecule has 0 bridgehead atoms. The first-order chi connectivity index (χ1) is 9.53. The molecule has 0 fully saturated rings. The first kappa shape index (κ1) is 15.1. The van der Waals surface area contributed by atoms with Crippen LogP contribution in [0.2, 0.25) is 0 Å². The van der Waals surface area contributed by atoms with Gasteiger partial charge in [-0.2, -0.15) is 0 Å². The minimum Gasteiger partial charge on any atom is -0.451 e. The van der Waals surface area contributed by atoms with Gasteiger partial charge >= 0.3 is 0 Å². The Hall–Kier alpha value is -1.31. The van der Waals surface area contributed by atoms with Crippen molar-refractivity contribution in [1.29, 1.82) is 0 Å². The maximum atomic E-state index is 12.3. The summed E-state index contributed by atoms with van der Waals surface area (Å²) < 4.78 is 32.7. The van der Waals surface area contributed by atoms with Crippen LogP contribution in [0.3, 0.4) is 0 Å². The van der Waals surface area contributed by atoms with E-state index < -0.39 is 10.0 Å². The number of nitrogens with one attached hydrogen (secondary N) is 2. The number of furan rings is 1. The van der Waals surface area contributed by atoms with Crippen LogP contribution in [0.1, 0.15) is 12.7 Å². The summed E-state index contributed by atoms with van der Waals surface area (Å²) in [6.45, 7) is 3.23. The van der Waals surface area contributed by atoms with Crippen LogP contribution in [0.25, 0.3) is 0 Å². The van der Waals surface area contributed by atoms with E-state index in [0.29, 0.717) is 18.0 Å². The van der Waals surface area contributed by atoms with E-state index in [2.05, 4.69) is 26.0 Å². The van der Waals surface area contributed by atoms with Gasteiger partial charge in [-0.1, -0.05) is 25.1 Å². The molecule has 0 atom stereocenters. The van der Waals surface area contributed by atoms with Gasteiger partial charge in [-0.25, -0.2) is 8.42 Å². The lowest BCUT2D eigenvalue weighted by molar-refractivity contribution is 0.464. The number of halogens is 1. The number of rotatable bonds is 6. The Kier molecular flexibility index (Phi) is 4.85. The summed E-state index contributed by atoms with van der Waals surface area (Å²) in [4.78, 5) is 0.0919. The highest BCUT2D eigenvalue weighted by atomic mass is 79.9. The molecule has 108 valence electrons. The summed E-state index contributed by atoms with van der Waals surface area (Å²) in [5.41, 5.74) is 0.508. The molecule has 0 saturated carbocycles. The van der Waals surface area contributed by atoms with E-state index >= 15 is 0 Å². The Balaban J connectivity index is 2.23. The van der Waals surface area contributed by atoms with Gasteiger partial charge in [-0.05, 0) is 34.6 Å². The zero-order valence-corrected chi connectivity index (χ0v) is 13.3. The molecule has 0 unspecified atom stereocenters. The first-order valence-corrected chi connectivity index (χ1v) is 8.37. The summed E-state index contributed by atoms with van der Waals surface area (Å²) in [5, 5.41) is 3.08. The predicted octanol–water partition coefficient (Wildman–Crippen LogP) is 2.95. The Morgan fingerprint density at radius 1 is 1.25 bits per heavy atom. The van der Waals surface area contributed by atoms with Gasteiger partial charge in [0.05, 0.1) is 6.54 Å². The average molecular weight is 359 g/mol. The number of benzene rings is 1. The fourth-order valence-corrected chi connectivity index (χ4v) is 3.69. The highest BCUT2D eigenvalue weighted by molar-refractivity contribution is 9.10. The predicted molar refractivity (Wildman–Crippen MR) is 81.0 cm³/mol. The molecule has 0 saturated heterocycles. The van der Waals surface area contributed by atoms with Crippen molar-refractivity contribution in [3.63, 3.8) is 0 Å². The standard InChI is InChI=1S/C13H15BrN2O3S/c1-2-15-9-11-8-12(13(14)19-11)20(17,18)16-10-6-4-3-5-7-10/h3-8,15-16H,2,9H2,1H3. The number of hydrogen-bond donors (Lipinski definition) is 2. The summed E-state index contributed by atoms with van der Waals surface area (Å²) >= 11 is 3.14. The lowest BCUT2D eigenvalue weighted by Gasteiger charge is -2.05. The van der Waals surface area contributed by atoms with Crippen LogP contribution in [0, 0.1) is 0 Å². The summed E-state index contributed by atoms with van der Waals surface area (Å²) in [6, 6.07) is 10.2. The maximum absolute atomic E-state index is 12.3. The molecule has 1 heterocycles. The van der Waals surface area contributed by atoms with Crippen LogP contribution in [-0.4, -0.2) is 15.0 Å². The second kappa shape index (κ2) is 6.43. The molecule has 0 aliphatic heterocycles. The topological polar surface area (TPSA) is 71.3 Å². The van der Waals surface area contributed by atoms with Crippen LogP contribution in [0.15, 0.2) is 50.4 Å². The van der Waals surface area contributed by atoms with Crippen molar-refractivity contribution in [1.82, 2.24) is 5.32 Å². The van der Waals surface area contributed by atoms with E-state index in [4.69, 9.17) is 4.42 Å². The number of para-hydroxylation sites is 1. The first-order valence-electron chi connectivity index (χ1n) is 6.09. The van der Waals surface area contributed by atoms with Crippen molar-refractivity contribution in [3.8, 4) is 0 Å². The molecule has 1 aromatic heterocycles. The van der Waals surface area contributed by atoms with Gasteiger partial charge in [0.2, 0.25) is 0 Å². The van der Waals surface area contributed by atoms with Crippen LogP contribution in [0.4, 0.5) is 5.69 Å².